The number of rotatable bonds is 2. The molecule has 0 saturated carbocycles. The van der Waals surface area contributed by atoms with Crippen LogP contribution in [0.5, 0.6) is 0 Å². The van der Waals surface area contributed by atoms with Crippen LogP contribution in [0.2, 0.25) is 0 Å². The smallest absolute Gasteiger partial charge is 0.208 e. The third-order valence-corrected chi connectivity index (χ3v) is 5.50. The van der Waals surface area contributed by atoms with Crippen molar-refractivity contribution in [2.75, 3.05) is 0 Å². The molecule has 0 aliphatic heterocycles. The summed E-state index contributed by atoms with van der Waals surface area (Å²) in [6.45, 7) is 8.42. The minimum absolute atomic E-state index is 0. The largest absolute Gasteiger partial charge is 2.00 e. The third-order valence-electron chi connectivity index (χ3n) is 4.06. The first-order chi connectivity index (χ1) is 13.0. The van der Waals surface area contributed by atoms with Gasteiger partial charge in [-0.1, -0.05) is 98.7 Å². The topological polar surface area (TPSA) is 0 Å². The van der Waals surface area contributed by atoms with Gasteiger partial charge >= 0.3 is 26.2 Å². The molecular weight excluding hydrogens is 432 g/mol. The molecule has 4 rings (SSSR count). The van der Waals surface area contributed by atoms with Gasteiger partial charge in [0.05, 0.1) is 0 Å². The van der Waals surface area contributed by atoms with Crippen molar-refractivity contribution in [3.05, 3.63) is 119 Å². The molecular formula is C26H29SiZr. The minimum Gasteiger partial charge on any atom is -0.208 e. The zero-order chi connectivity index (χ0) is 19.5. The molecule has 0 aliphatic rings. The van der Waals surface area contributed by atoms with Gasteiger partial charge in [0, 0.05) is 0 Å². The molecule has 0 fully saturated rings. The standard InChI is InChI=1S/C12H11Si.2C7H9.Zr/c1-3-7-11(8-4-1)13-12-9-5-2-6-10-12;2*1-6-3-4-7(2)5-6;/h1-10,13H;2*3-5H,1-2H3;/q;2*-1;+2. The summed E-state index contributed by atoms with van der Waals surface area (Å²) in [6, 6.07) is 34.1. The fraction of sp³-hybridized carbons (Fsp3) is 0.154. The van der Waals surface area contributed by atoms with Crippen molar-refractivity contribution in [3.8, 4) is 0 Å². The predicted octanol–water partition coefficient (Wildman–Crippen LogP) is 5.12. The molecule has 0 spiro atoms. The maximum Gasteiger partial charge on any atom is 2.00 e. The second kappa shape index (κ2) is 13.4. The second-order valence-electron chi connectivity index (χ2n) is 6.90. The molecule has 0 heterocycles. The van der Waals surface area contributed by atoms with E-state index >= 15 is 0 Å². The van der Waals surface area contributed by atoms with E-state index in [9.17, 15) is 0 Å². The Morgan fingerprint density at radius 2 is 0.929 bits per heavy atom. The SMILES string of the molecule is Cc1c[cH-]c(C)c1.Cc1c[cH-]c(C)c1.[Zr+2].c1ccc([SiH]c2ccccc2)cc1. The molecule has 4 aromatic carbocycles. The molecule has 0 nitrogen and oxygen atoms in total. The van der Waals surface area contributed by atoms with Crippen LogP contribution in [0.1, 0.15) is 22.3 Å². The van der Waals surface area contributed by atoms with Gasteiger partial charge in [-0.15, -0.1) is 0 Å². The van der Waals surface area contributed by atoms with Crippen molar-refractivity contribution in [1.29, 1.82) is 0 Å². The predicted molar refractivity (Wildman–Crippen MR) is 122 cm³/mol. The van der Waals surface area contributed by atoms with Crippen LogP contribution in [0.15, 0.2) is 97.1 Å². The van der Waals surface area contributed by atoms with Crippen molar-refractivity contribution < 1.29 is 26.2 Å². The Labute approximate surface area is 192 Å². The van der Waals surface area contributed by atoms with E-state index in [0.717, 1.165) is 0 Å². The quantitative estimate of drug-likeness (QED) is 0.288. The van der Waals surface area contributed by atoms with Crippen LogP contribution < -0.4 is 10.4 Å². The van der Waals surface area contributed by atoms with Crippen molar-refractivity contribution in [2.45, 2.75) is 27.7 Å². The van der Waals surface area contributed by atoms with Crippen LogP contribution in [0.3, 0.4) is 0 Å². The van der Waals surface area contributed by atoms with Crippen LogP contribution in [0, 0.1) is 27.7 Å². The van der Waals surface area contributed by atoms with E-state index in [0.29, 0.717) is 0 Å². The van der Waals surface area contributed by atoms with E-state index in [1.165, 1.54) is 32.6 Å². The first kappa shape index (κ1) is 24.3. The van der Waals surface area contributed by atoms with Crippen LogP contribution in [-0.4, -0.2) is 9.52 Å². The summed E-state index contributed by atoms with van der Waals surface area (Å²) in [4.78, 5) is 0. The van der Waals surface area contributed by atoms with Gasteiger partial charge in [0.2, 0.25) is 0 Å². The summed E-state index contributed by atoms with van der Waals surface area (Å²) >= 11 is 0. The number of aryl methyl sites for hydroxylation is 4. The average Bonchev–Trinajstić information content (AvgIpc) is 3.24. The van der Waals surface area contributed by atoms with E-state index in [2.05, 4.69) is 125 Å². The van der Waals surface area contributed by atoms with Crippen LogP contribution in [0.4, 0.5) is 0 Å². The van der Waals surface area contributed by atoms with Gasteiger partial charge in [-0.25, -0.2) is 23.3 Å². The van der Waals surface area contributed by atoms with E-state index in [4.69, 9.17) is 0 Å². The molecule has 0 saturated heterocycles. The molecule has 0 atom stereocenters. The summed E-state index contributed by atoms with van der Waals surface area (Å²) in [5.74, 6) is 0. The Morgan fingerprint density at radius 3 is 1.14 bits per heavy atom. The molecule has 0 amide bonds. The van der Waals surface area contributed by atoms with Gasteiger partial charge in [0.25, 0.3) is 0 Å². The number of benzene rings is 2. The first-order valence-electron chi connectivity index (χ1n) is 9.37. The molecule has 0 bridgehead atoms. The van der Waals surface area contributed by atoms with E-state index in [-0.39, 0.29) is 35.7 Å². The molecule has 0 N–H and O–H groups in total. The van der Waals surface area contributed by atoms with Gasteiger partial charge in [-0.2, -0.15) is 35.4 Å². The van der Waals surface area contributed by atoms with Crippen molar-refractivity contribution >= 4 is 19.9 Å². The van der Waals surface area contributed by atoms with Crippen molar-refractivity contribution in [2.24, 2.45) is 0 Å². The fourth-order valence-corrected chi connectivity index (χ4v) is 3.94. The Bertz CT molecular complexity index is 780. The van der Waals surface area contributed by atoms with Gasteiger partial charge in [-0.3, -0.25) is 0 Å². The Balaban J connectivity index is 0.000000224. The van der Waals surface area contributed by atoms with Crippen LogP contribution in [0.25, 0.3) is 0 Å². The van der Waals surface area contributed by atoms with Crippen molar-refractivity contribution in [1.82, 2.24) is 0 Å². The number of hydrogen-bond acceptors (Lipinski definition) is 0. The number of hydrogen-bond donors (Lipinski definition) is 0. The molecule has 1 radical (unpaired) electrons. The average molecular weight is 461 g/mol. The first-order valence-corrected chi connectivity index (χ1v) is 10.5. The summed E-state index contributed by atoms with van der Waals surface area (Å²) in [6.07, 6.45) is 0. The molecule has 141 valence electrons. The minimum atomic E-state index is 0. The van der Waals surface area contributed by atoms with E-state index in [1.807, 2.05) is 0 Å². The molecule has 0 aromatic heterocycles. The summed E-state index contributed by atoms with van der Waals surface area (Å²) in [5.41, 5.74) is 5.44. The zero-order valence-corrected chi connectivity index (χ0v) is 20.9. The maximum absolute atomic E-state index is 2.20. The van der Waals surface area contributed by atoms with Crippen LogP contribution in [-0.2, 0) is 26.2 Å². The van der Waals surface area contributed by atoms with E-state index < -0.39 is 0 Å². The Hall–Kier alpha value is -1.76. The molecule has 2 heteroatoms. The normalized spacial score (nSPS) is 9.29. The van der Waals surface area contributed by atoms with E-state index in [1.54, 1.807) is 0 Å². The van der Waals surface area contributed by atoms with Gasteiger partial charge in [0.1, 0.15) is 9.52 Å². The van der Waals surface area contributed by atoms with Gasteiger partial charge < -0.3 is 0 Å². The van der Waals surface area contributed by atoms with Crippen LogP contribution >= 0.6 is 0 Å². The second-order valence-corrected chi connectivity index (χ2v) is 8.52. The molecule has 0 aliphatic carbocycles. The molecule has 4 aromatic rings. The molecule has 0 unspecified atom stereocenters. The zero-order valence-electron chi connectivity index (χ0n) is 17.3. The van der Waals surface area contributed by atoms with Gasteiger partial charge in [0.15, 0.2) is 0 Å². The van der Waals surface area contributed by atoms with Gasteiger partial charge in [-0.05, 0) is 0 Å². The summed E-state index contributed by atoms with van der Waals surface area (Å²) < 4.78 is 0. The fourth-order valence-electron chi connectivity index (χ4n) is 2.73. The summed E-state index contributed by atoms with van der Waals surface area (Å²) in [7, 11) is 0.271. The monoisotopic (exact) mass is 459 g/mol. The van der Waals surface area contributed by atoms with Crippen molar-refractivity contribution in [3.63, 3.8) is 0 Å². The molecule has 28 heavy (non-hydrogen) atoms. The maximum atomic E-state index is 2.20. The Kier molecular flexibility index (Phi) is 11.6. The summed E-state index contributed by atoms with van der Waals surface area (Å²) in [5, 5.41) is 2.90. The Morgan fingerprint density at radius 1 is 0.571 bits per heavy atom. The third kappa shape index (κ3) is 9.97.